The number of anilines is 1. The fraction of sp³-hybridized carbons (Fsp3) is 0.174. The number of methoxy groups -OCH3 is 1. The Kier molecular flexibility index (Phi) is 4.79. The molecular weight excluding hydrogens is 336 g/mol. The van der Waals surface area contributed by atoms with Gasteiger partial charge in [0.25, 0.3) is 0 Å². The lowest BCUT2D eigenvalue weighted by Crippen LogP contribution is -2.46. The van der Waals surface area contributed by atoms with Crippen molar-refractivity contribution in [2.75, 3.05) is 12.0 Å². The molecule has 0 bridgehead atoms. The molecule has 1 aliphatic heterocycles. The smallest absolute Gasteiger partial charge is 0.325 e. The number of para-hydroxylation sites is 1. The number of benzene rings is 3. The lowest BCUT2D eigenvalue weighted by Gasteiger charge is -2.37. The number of hydrogen-bond acceptors (Lipinski definition) is 2. The first-order valence-electron chi connectivity index (χ1n) is 9.06. The van der Waals surface area contributed by atoms with E-state index in [0.29, 0.717) is 19.6 Å². The number of rotatable bonds is 5. The highest BCUT2D eigenvalue weighted by Crippen LogP contribution is 2.31. The number of urea groups is 1. The average molecular weight is 358 g/mol. The number of amides is 2. The Morgan fingerprint density at radius 3 is 2.22 bits per heavy atom. The van der Waals surface area contributed by atoms with Crippen LogP contribution >= 0.6 is 0 Å². The molecule has 1 heterocycles. The topological polar surface area (TPSA) is 32.8 Å². The molecule has 0 unspecified atom stereocenters. The lowest BCUT2D eigenvalue weighted by molar-refractivity contribution is 0.195. The zero-order valence-electron chi connectivity index (χ0n) is 15.3. The molecule has 1 aliphatic rings. The molecule has 3 aromatic rings. The van der Waals surface area contributed by atoms with Gasteiger partial charge in [-0.05, 0) is 34.9 Å². The number of fused-ring (bicyclic) bond motifs is 1. The summed E-state index contributed by atoms with van der Waals surface area (Å²) >= 11 is 0. The molecule has 0 N–H and O–H groups in total. The monoisotopic (exact) mass is 358 g/mol. The van der Waals surface area contributed by atoms with Crippen molar-refractivity contribution in [3.8, 4) is 5.75 Å². The van der Waals surface area contributed by atoms with Crippen molar-refractivity contribution < 1.29 is 9.53 Å². The molecule has 27 heavy (non-hydrogen) atoms. The summed E-state index contributed by atoms with van der Waals surface area (Å²) in [4.78, 5) is 17.0. The highest BCUT2D eigenvalue weighted by molar-refractivity contribution is 5.94. The Bertz CT molecular complexity index is 923. The molecule has 0 aromatic heterocycles. The van der Waals surface area contributed by atoms with Gasteiger partial charge in [0, 0.05) is 13.1 Å². The third-order valence-corrected chi connectivity index (χ3v) is 4.86. The van der Waals surface area contributed by atoms with E-state index in [2.05, 4.69) is 18.2 Å². The van der Waals surface area contributed by atoms with Crippen molar-refractivity contribution in [2.24, 2.45) is 0 Å². The Morgan fingerprint density at radius 2 is 1.48 bits per heavy atom. The summed E-state index contributed by atoms with van der Waals surface area (Å²) in [5, 5.41) is 0. The second-order valence-electron chi connectivity index (χ2n) is 6.69. The maximum atomic E-state index is 13.2. The van der Waals surface area contributed by atoms with Gasteiger partial charge in [0.2, 0.25) is 0 Å². The third kappa shape index (κ3) is 3.65. The van der Waals surface area contributed by atoms with E-state index in [-0.39, 0.29) is 6.03 Å². The first-order valence-corrected chi connectivity index (χ1v) is 9.06. The van der Waals surface area contributed by atoms with Crippen LogP contribution in [0.1, 0.15) is 16.7 Å². The van der Waals surface area contributed by atoms with Crippen LogP contribution in [0.25, 0.3) is 0 Å². The molecule has 0 fully saturated rings. The zero-order valence-corrected chi connectivity index (χ0v) is 15.3. The van der Waals surface area contributed by atoms with E-state index in [1.54, 1.807) is 7.11 Å². The molecule has 4 nitrogen and oxygen atoms in total. The normalized spacial score (nSPS) is 13.4. The van der Waals surface area contributed by atoms with Crippen molar-refractivity contribution in [1.29, 1.82) is 0 Å². The van der Waals surface area contributed by atoms with E-state index >= 15 is 0 Å². The Balaban J connectivity index is 1.62. The predicted octanol–water partition coefficient (Wildman–Crippen LogP) is 4.84. The van der Waals surface area contributed by atoms with Crippen molar-refractivity contribution in [1.82, 2.24) is 4.90 Å². The van der Waals surface area contributed by atoms with E-state index in [4.69, 9.17) is 4.74 Å². The molecule has 0 saturated carbocycles. The predicted molar refractivity (Wildman–Crippen MR) is 107 cm³/mol. The van der Waals surface area contributed by atoms with Crippen LogP contribution in [0.3, 0.4) is 0 Å². The number of nitrogens with zero attached hydrogens (tertiary/aromatic N) is 2. The lowest BCUT2D eigenvalue weighted by atomic mass is 10.1. The largest absolute Gasteiger partial charge is 0.497 e. The molecule has 0 atom stereocenters. The molecule has 136 valence electrons. The summed E-state index contributed by atoms with van der Waals surface area (Å²) in [6.07, 6.45) is 0. The Hall–Kier alpha value is -3.27. The number of carbonyl (C=O) groups excluding carboxylic acids is 1. The summed E-state index contributed by atoms with van der Waals surface area (Å²) in [6.45, 7) is 1.77. The van der Waals surface area contributed by atoms with Crippen LogP contribution in [-0.2, 0) is 19.6 Å². The highest BCUT2D eigenvalue weighted by Gasteiger charge is 2.30. The molecule has 0 radical (unpaired) electrons. The minimum absolute atomic E-state index is 0.0355. The van der Waals surface area contributed by atoms with Crippen molar-refractivity contribution in [2.45, 2.75) is 19.6 Å². The fourth-order valence-electron chi connectivity index (χ4n) is 3.45. The number of hydrogen-bond donors (Lipinski definition) is 0. The van der Waals surface area contributed by atoms with Gasteiger partial charge in [-0.25, -0.2) is 4.79 Å². The van der Waals surface area contributed by atoms with Crippen molar-refractivity contribution in [3.63, 3.8) is 0 Å². The number of carbonyl (C=O) groups is 1. The van der Waals surface area contributed by atoms with Gasteiger partial charge in [-0.3, -0.25) is 4.90 Å². The summed E-state index contributed by atoms with van der Waals surface area (Å²) in [5.74, 6) is 0.815. The maximum Gasteiger partial charge on any atom is 0.325 e. The summed E-state index contributed by atoms with van der Waals surface area (Å²) in [5.41, 5.74) is 4.36. The van der Waals surface area contributed by atoms with E-state index in [1.807, 2.05) is 70.5 Å². The standard InChI is InChI=1S/C23H22N2O2/c1-27-21-13-11-19(12-14-21)16-25-22-10-6-5-9-20(22)17-24(23(25)26)15-18-7-3-2-4-8-18/h2-14H,15-17H2,1H3. The van der Waals surface area contributed by atoms with Gasteiger partial charge in [0.15, 0.2) is 0 Å². The average Bonchev–Trinajstić information content (AvgIpc) is 2.72. The second kappa shape index (κ2) is 7.54. The Morgan fingerprint density at radius 1 is 0.815 bits per heavy atom. The molecule has 4 heteroatoms. The first kappa shape index (κ1) is 17.2. The van der Waals surface area contributed by atoms with Crippen LogP contribution in [0.5, 0.6) is 5.75 Å². The van der Waals surface area contributed by atoms with Crippen molar-refractivity contribution >= 4 is 11.7 Å². The van der Waals surface area contributed by atoms with E-state index in [0.717, 1.165) is 22.6 Å². The maximum absolute atomic E-state index is 13.2. The molecule has 0 spiro atoms. The van der Waals surface area contributed by atoms with E-state index < -0.39 is 0 Å². The molecular formula is C23H22N2O2. The van der Waals surface area contributed by atoms with Gasteiger partial charge in [0.05, 0.1) is 19.3 Å². The minimum atomic E-state index is 0.0355. The van der Waals surface area contributed by atoms with Crippen LogP contribution in [0.4, 0.5) is 10.5 Å². The van der Waals surface area contributed by atoms with Crippen molar-refractivity contribution in [3.05, 3.63) is 95.6 Å². The zero-order chi connectivity index (χ0) is 18.6. The summed E-state index contributed by atoms with van der Waals surface area (Å²) < 4.78 is 5.23. The fourth-order valence-corrected chi connectivity index (χ4v) is 3.45. The quantitative estimate of drug-likeness (QED) is 0.654. The summed E-state index contributed by atoms with van der Waals surface area (Å²) in [6, 6.07) is 26.2. The van der Waals surface area contributed by atoms with Crippen LogP contribution in [0.15, 0.2) is 78.9 Å². The van der Waals surface area contributed by atoms with E-state index in [9.17, 15) is 4.79 Å². The molecule has 0 aliphatic carbocycles. The molecule has 2 amide bonds. The van der Waals surface area contributed by atoms with Gasteiger partial charge in [-0.15, -0.1) is 0 Å². The SMILES string of the molecule is COc1ccc(CN2C(=O)N(Cc3ccccc3)Cc3ccccc32)cc1. The molecule has 3 aromatic carbocycles. The van der Waals surface area contributed by atoms with E-state index in [1.165, 1.54) is 5.56 Å². The first-order chi connectivity index (χ1) is 13.2. The van der Waals surface area contributed by atoms with Gasteiger partial charge in [-0.1, -0.05) is 60.7 Å². The van der Waals surface area contributed by atoms with Gasteiger partial charge >= 0.3 is 6.03 Å². The van der Waals surface area contributed by atoms with Crippen LogP contribution < -0.4 is 9.64 Å². The second-order valence-corrected chi connectivity index (χ2v) is 6.69. The van der Waals surface area contributed by atoms with Crippen LogP contribution in [-0.4, -0.2) is 18.0 Å². The highest BCUT2D eigenvalue weighted by atomic mass is 16.5. The van der Waals surface area contributed by atoms with Gasteiger partial charge in [0.1, 0.15) is 5.75 Å². The molecule has 0 saturated heterocycles. The van der Waals surface area contributed by atoms with Gasteiger partial charge < -0.3 is 9.64 Å². The minimum Gasteiger partial charge on any atom is -0.497 e. The third-order valence-electron chi connectivity index (χ3n) is 4.86. The molecule has 4 rings (SSSR count). The van der Waals surface area contributed by atoms with Crippen LogP contribution in [0.2, 0.25) is 0 Å². The van der Waals surface area contributed by atoms with Crippen LogP contribution in [0, 0.1) is 0 Å². The number of ether oxygens (including phenoxy) is 1. The Labute approximate surface area is 159 Å². The van der Waals surface area contributed by atoms with Gasteiger partial charge in [-0.2, -0.15) is 0 Å². The summed E-state index contributed by atoms with van der Waals surface area (Å²) in [7, 11) is 1.65.